The molecule has 0 bridgehead atoms. The molecule has 0 unspecified atom stereocenters. The van der Waals surface area contributed by atoms with Gasteiger partial charge in [-0.1, -0.05) is 25.1 Å². The molecule has 2 rings (SSSR count). The van der Waals surface area contributed by atoms with E-state index >= 15 is 0 Å². The topological polar surface area (TPSA) is 51.1 Å². The minimum atomic E-state index is -0.207. The summed E-state index contributed by atoms with van der Waals surface area (Å²) < 4.78 is 1.41. The normalized spacial score (nSPS) is 10.3. The Morgan fingerprint density at radius 2 is 1.85 bits per heavy atom. The molecule has 1 amide bonds. The molecule has 2 aromatic rings. The summed E-state index contributed by atoms with van der Waals surface area (Å²) in [6, 6.07) is 10.9. The average molecular weight is 270 g/mol. The fraction of sp³-hybridized carbons (Fsp3) is 0.250. The Balaban J connectivity index is 2.04. The van der Waals surface area contributed by atoms with Gasteiger partial charge in [0, 0.05) is 18.0 Å². The maximum absolute atomic E-state index is 11.9. The van der Waals surface area contributed by atoms with Crippen LogP contribution in [0.5, 0.6) is 0 Å². The molecule has 1 heterocycles. The minimum absolute atomic E-state index is 0.0239. The lowest BCUT2D eigenvalue weighted by Gasteiger charge is -2.08. The Bertz CT molecular complexity index is 657. The molecule has 0 radical (unpaired) electrons. The second-order valence-electron chi connectivity index (χ2n) is 4.77. The number of anilines is 1. The number of pyridine rings is 1. The number of rotatable bonds is 4. The van der Waals surface area contributed by atoms with Crippen LogP contribution in [0.2, 0.25) is 0 Å². The summed E-state index contributed by atoms with van der Waals surface area (Å²) in [4.78, 5) is 23.6. The molecule has 1 aromatic heterocycles. The van der Waals surface area contributed by atoms with Gasteiger partial charge < -0.3 is 9.88 Å². The predicted octanol–water partition coefficient (Wildman–Crippen LogP) is 2.36. The van der Waals surface area contributed by atoms with Crippen LogP contribution in [0.15, 0.2) is 47.4 Å². The van der Waals surface area contributed by atoms with Crippen LogP contribution in [0.25, 0.3) is 0 Å². The number of aryl methyl sites for hydroxylation is 2. The second-order valence-corrected chi connectivity index (χ2v) is 4.77. The van der Waals surface area contributed by atoms with Gasteiger partial charge in [0.15, 0.2) is 0 Å². The van der Waals surface area contributed by atoms with E-state index in [1.54, 1.807) is 12.3 Å². The van der Waals surface area contributed by atoms with Crippen molar-refractivity contribution in [2.45, 2.75) is 26.8 Å². The summed E-state index contributed by atoms with van der Waals surface area (Å²) in [5.41, 5.74) is 2.74. The number of carbonyl (C=O) groups excluding carboxylic acids is 1. The third-order valence-electron chi connectivity index (χ3n) is 3.09. The summed E-state index contributed by atoms with van der Waals surface area (Å²) >= 11 is 0. The van der Waals surface area contributed by atoms with E-state index in [2.05, 4.69) is 12.2 Å². The third kappa shape index (κ3) is 3.57. The second kappa shape index (κ2) is 6.19. The first-order chi connectivity index (χ1) is 9.58. The van der Waals surface area contributed by atoms with Crippen molar-refractivity contribution in [1.29, 1.82) is 0 Å². The quantitative estimate of drug-likeness (QED) is 0.927. The number of nitrogens with one attached hydrogen (secondary N) is 1. The molecule has 104 valence electrons. The van der Waals surface area contributed by atoms with E-state index in [4.69, 9.17) is 0 Å². The molecule has 20 heavy (non-hydrogen) atoms. The van der Waals surface area contributed by atoms with Crippen LogP contribution in [0.1, 0.15) is 18.1 Å². The molecule has 0 saturated carbocycles. The van der Waals surface area contributed by atoms with Crippen LogP contribution in [-0.4, -0.2) is 10.5 Å². The highest BCUT2D eigenvalue weighted by atomic mass is 16.2. The van der Waals surface area contributed by atoms with Gasteiger partial charge in [-0.2, -0.15) is 0 Å². The highest BCUT2D eigenvalue weighted by Gasteiger charge is 2.05. The lowest BCUT2D eigenvalue weighted by molar-refractivity contribution is -0.116. The van der Waals surface area contributed by atoms with Gasteiger partial charge in [0.1, 0.15) is 6.54 Å². The highest BCUT2D eigenvalue weighted by Crippen LogP contribution is 2.09. The molecular weight excluding hydrogens is 252 g/mol. The Hall–Kier alpha value is -2.36. The van der Waals surface area contributed by atoms with Crippen molar-refractivity contribution in [3.8, 4) is 0 Å². The van der Waals surface area contributed by atoms with Gasteiger partial charge in [0.2, 0.25) is 5.91 Å². The Labute approximate surface area is 118 Å². The molecule has 1 N–H and O–H groups in total. The highest BCUT2D eigenvalue weighted by molar-refractivity contribution is 5.90. The van der Waals surface area contributed by atoms with Gasteiger partial charge in [-0.15, -0.1) is 0 Å². The van der Waals surface area contributed by atoms with Crippen LogP contribution in [0.4, 0.5) is 5.69 Å². The van der Waals surface area contributed by atoms with Gasteiger partial charge in [-0.25, -0.2) is 0 Å². The number of nitrogens with zero attached hydrogens (tertiary/aromatic N) is 1. The molecule has 0 fully saturated rings. The Kier molecular flexibility index (Phi) is 4.35. The number of hydrogen-bond donors (Lipinski definition) is 1. The van der Waals surface area contributed by atoms with Crippen molar-refractivity contribution in [3.05, 3.63) is 64.1 Å². The van der Waals surface area contributed by atoms with E-state index in [1.807, 2.05) is 31.2 Å². The summed E-state index contributed by atoms with van der Waals surface area (Å²) in [5.74, 6) is -0.207. The van der Waals surface area contributed by atoms with Crippen molar-refractivity contribution in [2.75, 3.05) is 5.32 Å². The van der Waals surface area contributed by atoms with Crippen LogP contribution in [0.3, 0.4) is 0 Å². The zero-order valence-electron chi connectivity index (χ0n) is 11.7. The molecule has 4 nitrogen and oxygen atoms in total. The van der Waals surface area contributed by atoms with Gasteiger partial charge in [-0.3, -0.25) is 9.59 Å². The van der Waals surface area contributed by atoms with Gasteiger partial charge >= 0.3 is 0 Å². The third-order valence-corrected chi connectivity index (χ3v) is 3.09. The number of hydrogen-bond acceptors (Lipinski definition) is 2. The van der Waals surface area contributed by atoms with Crippen LogP contribution in [-0.2, 0) is 17.8 Å². The average Bonchev–Trinajstić information content (AvgIpc) is 2.43. The lowest BCUT2D eigenvalue weighted by Crippen LogP contribution is -2.26. The van der Waals surface area contributed by atoms with Crippen molar-refractivity contribution >= 4 is 11.6 Å². The van der Waals surface area contributed by atoms with E-state index in [0.717, 1.165) is 17.7 Å². The first-order valence-corrected chi connectivity index (χ1v) is 6.64. The molecule has 0 atom stereocenters. The summed E-state index contributed by atoms with van der Waals surface area (Å²) in [6.07, 6.45) is 2.65. The van der Waals surface area contributed by atoms with Crippen molar-refractivity contribution in [1.82, 2.24) is 4.57 Å². The van der Waals surface area contributed by atoms with E-state index in [-0.39, 0.29) is 18.0 Å². The number of amides is 1. The van der Waals surface area contributed by atoms with E-state index in [9.17, 15) is 9.59 Å². The van der Waals surface area contributed by atoms with E-state index in [0.29, 0.717) is 0 Å². The maximum atomic E-state index is 11.9. The Morgan fingerprint density at radius 1 is 1.15 bits per heavy atom. The van der Waals surface area contributed by atoms with E-state index < -0.39 is 0 Å². The molecule has 4 heteroatoms. The van der Waals surface area contributed by atoms with Crippen LogP contribution >= 0.6 is 0 Å². The van der Waals surface area contributed by atoms with Gasteiger partial charge in [0.25, 0.3) is 5.56 Å². The van der Waals surface area contributed by atoms with Crippen molar-refractivity contribution in [3.63, 3.8) is 0 Å². The molecule has 0 aliphatic rings. The first kappa shape index (κ1) is 14.1. The zero-order chi connectivity index (χ0) is 14.5. The molecule has 0 aliphatic heterocycles. The standard InChI is InChI=1S/C16H18N2O2/c1-3-13-5-7-14(8-6-13)17-15(19)11-18-10-12(2)4-9-16(18)20/h4-10H,3,11H2,1-2H3,(H,17,19). The minimum Gasteiger partial charge on any atom is -0.325 e. The SMILES string of the molecule is CCc1ccc(NC(=O)Cn2cc(C)ccc2=O)cc1. The summed E-state index contributed by atoms with van der Waals surface area (Å²) in [7, 11) is 0. The molecule has 0 saturated heterocycles. The molecular formula is C16H18N2O2. The smallest absolute Gasteiger partial charge is 0.251 e. The number of benzene rings is 1. The fourth-order valence-electron chi connectivity index (χ4n) is 1.95. The van der Waals surface area contributed by atoms with Gasteiger partial charge in [-0.05, 0) is 36.6 Å². The van der Waals surface area contributed by atoms with Crippen LogP contribution < -0.4 is 10.9 Å². The van der Waals surface area contributed by atoms with Crippen molar-refractivity contribution < 1.29 is 4.79 Å². The van der Waals surface area contributed by atoms with Gasteiger partial charge in [0.05, 0.1) is 0 Å². The summed E-state index contributed by atoms with van der Waals surface area (Å²) in [5, 5.41) is 2.79. The monoisotopic (exact) mass is 270 g/mol. The fourth-order valence-corrected chi connectivity index (χ4v) is 1.95. The predicted molar refractivity (Wildman–Crippen MR) is 79.9 cm³/mol. The van der Waals surface area contributed by atoms with Crippen LogP contribution in [0, 0.1) is 6.92 Å². The first-order valence-electron chi connectivity index (χ1n) is 6.64. The van der Waals surface area contributed by atoms with E-state index in [1.165, 1.54) is 16.2 Å². The number of carbonyl (C=O) groups is 1. The largest absolute Gasteiger partial charge is 0.325 e. The maximum Gasteiger partial charge on any atom is 0.251 e. The molecule has 1 aromatic carbocycles. The number of aromatic nitrogens is 1. The van der Waals surface area contributed by atoms with Crippen molar-refractivity contribution in [2.24, 2.45) is 0 Å². The molecule has 0 spiro atoms. The summed E-state index contributed by atoms with van der Waals surface area (Å²) in [6.45, 7) is 3.99. The lowest BCUT2D eigenvalue weighted by atomic mass is 10.1. The zero-order valence-corrected chi connectivity index (χ0v) is 11.7. The Morgan fingerprint density at radius 3 is 2.50 bits per heavy atom. The molecule has 0 aliphatic carbocycles.